The fourth-order valence-corrected chi connectivity index (χ4v) is 5.16. The third-order valence-electron chi connectivity index (χ3n) is 5.21. The van der Waals surface area contributed by atoms with Crippen LogP contribution in [0.25, 0.3) is 0 Å². The van der Waals surface area contributed by atoms with Crippen molar-refractivity contribution in [3.63, 3.8) is 0 Å². The number of nitrogens with zero attached hydrogens (tertiary/aromatic N) is 1. The molecule has 3 heterocycles. The van der Waals surface area contributed by atoms with E-state index in [9.17, 15) is 0 Å². The molecule has 2 aromatic rings. The molecule has 2 aliphatic rings. The van der Waals surface area contributed by atoms with Gasteiger partial charge in [-0.05, 0) is 43.0 Å². The quantitative estimate of drug-likeness (QED) is 0.850. The molecule has 122 valence electrons. The molecule has 0 radical (unpaired) electrons. The van der Waals surface area contributed by atoms with E-state index < -0.39 is 0 Å². The largest absolute Gasteiger partial charge is 0.496 e. The Labute approximate surface area is 141 Å². The Morgan fingerprint density at radius 3 is 2.61 bits per heavy atom. The van der Waals surface area contributed by atoms with E-state index in [2.05, 4.69) is 17.9 Å². The highest BCUT2D eigenvalue weighted by atomic mass is 32.1. The highest BCUT2D eigenvalue weighted by Crippen LogP contribution is 2.45. The number of rotatable bonds is 3. The van der Waals surface area contributed by atoms with Crippen LogP contribution >= 0.6 is 11.3 Å². The van der Waals surface area contributed by atoms with Gasteiger partial charge in [0.05, 0.1) is 14.2 Å². The molecule has 0 unspecified atom stereocenters. The van der Waals surface area contributed by atoms with Crippen LogP contribution in [0.1, 0.15) is 39.4 Å². The van der Waals surface area contributed by atoms with Crippen molar-refractivity contribution in [3.05, 3.63) is 44.6 Å². The molecular formula is C19H23NO2S. The number of benzene rings is 1. The minimum Gasteiger partial charge on any atom is -0.496 e. The smallest absolute Gasteiger partial charge is 0.123 e. The van der Waals surface area contributed by atoms with E-state index in [-0.39, 0.29) is 0 Å². The molecular weight excluding hydrogens is 306 g/mol. The van der Waals surface area contributed by atoms with Gasteiger partial charge in [0.2, 0.25) is 0 Å². The summed E-state index contributed by atoms with van der Waals surface area (Å²) >= 11 is 2.01. The SMILES string of the molecule is CCc1cc2c(s1)CCN1Cc3c(OC)ccc(OC)c3C[C@@H]21. The molecule has 0 saturated carbocycles. The van der Waals surface area contributed by atoms with E-state index in [1.165, 1.54) is 22.4 Å². The lowest BCUT2D eigenvalue weighted by molar-refractivity contribution is 0.158. The number of thiophene rings is 1. The molecule has 3 nitrogen and oxygen atoms in total. The van der Waals surface area contributed by atoms with Gasteiger partial charge in [-0.15, -0.1) is 11.3 Å². The molecule has 0 amide bonds. The average Bonchev–Trinajstić information content (AvgIpc) is 3.03. The summed E-state index contributed by atoms with van der Waals surface area (Å²) in [5, 5.41) is 0. The number of aryl methyl sites for hydroxylation is 1. The molecule has 4 rings (SSSR count). The Balaban J connectivity index is 1.78. The van der Waals surface area contributed by atoms with Crippen LogP contribution in [0.3, 0.4) is 0 Å². The van der Waals surface area contributed by atoms with Crippen molar-refractivity contribution in [2.45, 2.75) is 38.8 Å². The number of fused-ring (bicyclic) bond motifs is 4. The zero-order chi connectivity index (χ0) is 16.0. The third kappa shape index (κ3) is 2.36. The van der Waals surface area contributed by atoms with Crippen LogP contribution in [0.5, 0.6) is 11.5 Å². The van der Waals surface area contributed by atoms with Crippen LogP contribution in [0.15, 0.2) is 18.2 Å². The van der Waals surface area contributed by atoms with Crippen LogP contribution in [-0.4, -0.2) is 25.7 Å². The summed E-state index contributed by atoms with van der Waals surface area (Å²) in [4.78, 5) is 5.72. The predicted octanol–water partition coefficient (Wildman–Crippen LogP) is 3.98. The van der Waals surface area contributed by atoms with Crippen molar-refractivity contribution in [3.8, 4) is 11.5 Å². The van der Waals surface area contributed by atoms with Gasteiger partial charge in [0, 0.05) is 40.0 Å². The maximum atomic E-state index is 5.63. The van der Waals surface area contributed by atoms with E-state index in [1.54, 1.807) is 24.7 Å². The Hall–Kier alpha value is -1.52. The number of ether oxygens (including phenoxy) is 2. The second-order valence-corrected chi connectivity index (χ2v) is 7.53. The number of hydrogen-bond donors (Lipinski definition) is 0. The Kier molecular flexibility index (Phi) is 3.82. The van der Waals surface area contributed by atoms with Gasteiger partial charge in [-0.3, -0.25) is 4.90 Å². The van der Waals surface area contributed by atoms with E-state index in [0.29, 0.717) is 6.04 Å². The first-order chi connectivity index (χ1) is 11.2. The van der Waals surface area contributed by atoms with Crippen molar-refractivity contribution < 1.29 is 9.47 Å². The first-order valence-electron chi connectivity index (χ1n) is 8.33. The second-order valence-electron chi connectivity index (χ2n) is 6.31. The average molecular weight is 329 g/mol. The lowest BCUT2D eigenvalue weighted by atomic mass is 9.86. The predicted molar refractivity (Wildman–Crippen MR) is 93.8 cm³/mol. The highest BCUT2D eigenvalue weighted by Gasteiger charge is 2.35. The molecule has 0 N–H and O–H groups in total. The zero-order valence-corrected chi connectivity index (χ0v) is 14.8. The minimum absolute atomic E-state index is 0.490. The highest BCUT2D eigenvalue weighted by molar-refractivity contribution is 7.12. The maximum Gasteiger partial charge on any atom is 0.123 e. The van der Waals surface area contributed by atoms with Crippen molar-refractivity contribution in [2.75, 3.05) is 20.8 Å². The molecule has 1 aromatic carbocycles. The Bertz CT molecular complexity index is 737. The maximum absolute atomic E-state index is 5.63. The van der Waals surface area contributed by atoms with Crippen LogP contribution in [0.4, 0.5) is 0 Å². The monoisotopic (exact) mass is 329 g/mol. The topological polar surface area (TPSA) is 21.7 Å². The first-order valence-corrected chi connectivity index (χ1v) is 9.15. The van der Waals surface area contributed by atoms with Gasteiger partial charge in [0.25, 0.3) is 0 Å². The first kappa shape index (κ1) is 15.0. The summed E-state index contributed by atoms with van der Waals surface area (Å²) in [6.07, 6.45) is 3.33. The van der Waals surface area contributed by atoms with Gasteiger partial charge in [0.15, 0.2) is 0 Å². The van der Waals surface area contributed by atoms with Crippen molar-refractivity contribution >= 4 is 11.3 Å². The van der Waals surface area contributed by atoms with Gasteiger partial charge in [-0.25, -0.2) is 0 Å². The number of methoxy groups -OCH3 is 2. The van der Waals surface area contributed by atoms with Gasteiger partial charge in [-0.2, -0.15) is 0 Å². The van der Waals surface area contributed by atoms with Crippen molar-refractivity contribution in [1.82, 2.24) is 4.90 Å². The normalized spacial score (nSPS) is 19.7. The van der Waals surface area contributed by atoms with E-state index in [4.69, 9.17) is 9.47 Å². The molecule has 0 aliphatic carbocycles. The van der Waals surface area contributed by atoms with Crippen LogP contribution in [0, 0.1) is 0 Å². The fraction of sp³-hybridized carbons (Fsp3) is 0.474. The minimum atomic E-state index is 0.490. The summed E-state index contributed by atoms with van der Waals surface area (Å²) in [5.41, 5.74) is 4.18. The van der Waals surface area contributed by atoms with Crippen LogP contribution in [-0.2, 0) is 25.8 Å². The molecule has 0 bridgehead atoms. The van der Waals surface area contributed by atoms with E-state index >= 15 is 0 Å². The van der Waals surface area contributed by atoms with E-state index in [0.717, 1.165) is 37.4 Å². The van der Waals surface area contributed by atoms with Crippen LogP contribution in [0.2, 0.25) is 0 Å². The third-order valence-corrected chi connectivity index (χ3v) is 6.57. The van der Waals surface area contributed by atoms with Crippen molar-refractivity contribution in [2.24, 2.45) is 0 Å². The molecule has 4 heteroatoms. The standard InChI is InChI=1S/C19H23NO2S/c1-4-12-9-14-16-10-13-15(11-20(16)8-7-19(14)23-12)18(22-3)6-5-17(13)21-2/h5-6,9,16H,4,7-8,10-11H2,1-3H3/t16-/m0/s1. The second kappa shape index (κ2) is 5.84. The summed E-state index contributed by atoms with van der Waals surface area (Å²) < 4.78 is 11.2. The zero-order valence-electron chi connectivity index (χ0n) is 14.0. The summed E-state index contributed by atoms with van der Waals surface area (Å²) in [7, 11) is 3.52. The Morgan fingerprint density at radius 2 is 1.91 bits per heavy atom. The fourth-order valence-electron chi connectivity index (χ4n) is 4.00. The number of hydrogen-bond acceptors (Lipinski definition) is 4. The summed E-state index contributed by atoms with van der Waals surface area (Å²) in [6.45, 7) is 4.34. The molecule has 0 fully saturated rings. The van der Waals surface area contributed by atoms with Gasteiger partial charge < -0.3 is 9.47 Å². The molecule has 1 atom stereocenters. The molecule has 23 heavy (non-hydrogen) atoms. The Morgan fingerprint density at radius 1 is 1.17 bits per heavy atom. The van der Waals surface area contributed by atoms with Gasteiger partial charge in [0.1, 0.15) is 11.5 Å². The molecule has 1 aromatic heterocycles. The van der Waals surface area contributed by atoms with Gasteiger partial charge >= 0.3 is 0 Å². The summed E-state index contributed by atoms with van der Waals surface area (Å²) in [6, 6.07) is 7.01. The van der Waals surface area contributed by atoms with Crippen molar-refractivity contribution in [1.29, 1.82) is 0 Å². The lowest BCUT2D eigenvalue weighted by Crippen LogP contribution is -2.39. The molecule has 2 aliphatic heterocycles. The van der Waals surface area contributed by atoms with E-state index in [1.807, 2.05) is 23.5 Å². The summed E-state index contributed by atoms with van der Waals surface area (Å²) in [5.74, 6) is 1.99. The molecule has 0 saturated heterocycles. The van der Waals surface area contributed by atoms with Gasteiger partial charge in [-0.1, -0.05) is 6.92 Å². The molecule has 0 spiro atoms. The lowest BCUT2D eigenvalue weighted by Gasteiger charge is -2.41. The van der Waals surface area contributed by atoms with Crippen LogP contribution < -0.4 is 9.47 Å².